The highest BCUT2D eigenvalue weighted by Gasteiger charge is 2.71. The van der Waals surface area contributed by atoms with Gasteiger partial charge in [-0.15, -0.1) is 0 Å². The van der Waals surface area contributed by atoms with Crippen LogP contribution in [0.4, 0.5) is 0 Å². The zero-order valence-corrected chi connectivity index (χ0v) is 39.6. The Kier molecular flexibility index (Phi) is 12.5. The van der Waals surface area contributed by atoms with Gasteiger partial charge in [0.2, 0.25) is 0 Å². The summed E-state index contributed by atoms with van der Waals surface area (Å²) in [6.45, 7) is 25.1. The highest BCUT2D eigenvalue weighted by atomic mass is 16.5. The number of ether oxygens (including phenoxy) is 1. The van der Waals surface area contributed by atoms with E-state index in [0.29, 0.717) is 43.1 Å². The monoisotopic (exact) mass is 836 g/mol. The highest BCUT2D eigenvalue weighted by Crippen LogP contribution is 2.77. The van der Waals surface area contributed by atoms with E-state index in [9.17, 15) is 19.5 Å². The molecule has 0 bridgehead atoms. The van der Waals surface area contributed by atoms with Crippen molar-refractivity contribution in [2.75, 3.05) is 33.3 Å². The van der Waals surface area contributed by atoms with E-state index < -0.39 is 16.8 Å². The van der Waals surface area contributed by atoms with Crippen molar-refractivity contribution >= 4 is 29.1 Å². The third kappa shape index (κ3) is 7.46. The van der Waals surface area contributed by atoms with E-state index in [1.165, 1.54) is 11.1 Å². The number of aliphatic imine (C=N–C) groups is 1. The number of carbonyl (C=O) groups excluding carboxylic acids is 2. The van der Waals surface area contributed by atoms with Crippen molar-refractivity contribution in [2.45, 2.75) is 152 Å². The Hall–Kier alpha value is -3.32. The first-order chi connectivity index (χ1) is 28.7. The molecule has 1 heterocycles. The number of hydrogen-bond donors (Lipinski definition) is 2. The predicted octanol–water partition coefficient (Wildman–Crippen LogP) is 10.5. The second-order valence-electron chi connectivity index (χ2n) is 22.3. The maximum Gasteiger partial charge on any atom is 0.309 e. The molecule has 0 amide bonds. The Morgan fingerprint density at radius 3 is 2.36 bits per heavy atom. The normalized spacial score (nSPS) is 34.6. The zero-order valence-electron chi connectivity index (χ0n) is 39.6. The highest BCUT2D eigenvalue weighted by molar-refractivity contribution is 6.10. The lowest BCUT2D eigenvalue weighted by atomic mass is 9.33. The Bertz CT molecular complexity index is 2020. The molecule has 2 N–H and O–H groups in total. The number of rotatable bonds is 14. The topological polar surface area (TPSA) is 108 Å². The summed E-state index contributed by atoms with van der Waals surface area (Å²) in [5.74, 6) is 1.92. The number of likely N-dealkylation sites (N-methyl/N-ethyl adjacent to an activating group) is 1. The number of fused-ring (bicyclic) bond motifs is 7. The van der Waals surface area contributed by atoms with Crippen molar-refractivity contribution < 1.29 is 24.2 Å². The van der Waals surface area contributed by atoms with E-state index in [0.717, 1.165) is 93.5 Å². The molecule has 0 spiro atoms. The largest absolute Gasteiger partial charge is 0.481 e. The predicted molar refractivity (Wildman–Crippen MR) is 245 cm³/mol. The van der Waals surface area contributed by atoms with Gasteiger partial charge in [0.15, 0.2) is 5.78 Å². The number of carbonyl (C=O) groups is 3. The molecule has 0 saturated heterocycles. The molecular weight excluding hydrogens is 759 g/mol. The standard InChI is InChI=1S/C53H77N3O5/c1-12-35-15-17-36(18-16-35)39-14-13-28-55-46(56(39)30-29-54-11)53-27-26-51(9)38(45(53)44(34(2)3)40(58)33-53)19-20-42-50(8)24-22-43(49(6,7)41(50)21-25-52(42,51)10)61-31-23-37(57)32-48(4,5)47(59)60/h13,15-18,34,38,41-43,54H,12,19-33H2,1-11H3,(H,59,60). The first kappa shape index (κ1) is 45.7. The maximum atomic E-state index is 14.7. The molecule has 8 nitrogen and oxygen atoms in total. The molecule has 8 unspecified atom stereocenters. The molecule has 1 aromatic carbocycles. The Labute approximate surface area is 367 Å². The van der Waals surface area contributed by atoms with E-state index in [4.69, 9.17) is 9.73 Å². The SMILES string of the molecule is CCc1ccc(C2=C=CCN=C(C34CCC5(C)C(CCC6C7(C)CCC(OCCC(=O)CC(C)(C)C(=O)O)C(C)(C)C7CCC65C)C3=C(C(C)C)C(=O)C4)N2CCNC)cc1. The third-order valence-electron chi connectivity index (χ3n) is 18.0. The Balaban J connectivity index is 1.19. The molecule has 8 atom stereocenters. The van der Waals surface area contributed by atoms with E-state index in [1.807, 2.05) is 7.05 Å². The number of amidine groups is 1. The van der Waals surface area contributed by atoms with Crippen molar-refractivity contribution in [2.24, 2.45) is 61.2 Å². The lowest BCUT2D eigenvalue weighted by molar-refractivity contribution is -0.232. The molecule has 1 aromatic rings. The van der Waals surface area contributed by atoms with Gasteiger partial charge in [0.25, 0.3) is 0 Å². The number of ketones is 2. The average molecular weight is 836 g/mol. The number of benzene rings is 1. The van der Waals surface area contributed by atoms with Gasteiger partial charge in [0.05, 0.1) is 35.8 Å². The van der Waals surface area contributed by atoms with Crippen molar-refractivity contribution in [3.05, 3.63) is 58.3 Å². The van der Waals surface area contributed by atoms with Crippen LogP contribution < -0.4 is 5.32 Å². The van der Waals surface area contributed by atoms with Gasteiger partial charge >= 0.3 is 5.97 Å². The Morgan fingerprint density at radius 1 is 0.984 bits per heavy atom. The van der Waals surface area contributed by atoms with Crippen LogP contribution in [0.25, 0.3) is 5.70 Å². The minimum absolute atomic E-state index is 0.0246. The van der Waals surface area contributed by atoms with E-state index in [2.05, 4.69) is 102 Å². The first-order valence-electron chi connectivity index (χ1n) is 23.9. The summed E-state index contributed by atoms with van der Waals surface area (Å²) in [6, 6.07) is 8.95. The number of carboxylic acids is 1. The van der Waals surface area contributed by atoms with Crippen molar-refractivity contribution in [3.63, 3.8) is 0 Å². The van der Waals surface area contributed by atoms with Crippen molar-refractivity contribution in [1.82, 2.24) is 10.2 Å². The summed E-state index contributed by atoms with van der Waals surface area (Å²) in [7, 11) is 2.01. The number of carboxylic acid groups (broad SMARTS) is 1. The van der Waals surface area contributed by atoms with Crippen LogP contribution in [0.2, 0.25) is 0 Å². The summed E-state index contributed by atoms with van der Waals surface area (Å²) in [6.07, 6.45) is 12.6. The number of aliphatic carboxylic acids is 1. The second kappa shape index (κ2) is 16.7. The van der Waals surface area contributed by atoms with Gasteiger partial charge in [-0.25, -0.2) is 0 Å². The number of nitrogens with zero attached hydrogens (tertiary/aromatic N) is 2. The smallest absolute Gasteiger partial charge is 0.309 e. The minimum Gasteiger partial charge on any atom is -0.481 e. The molecule has 61 heavy (non-hydrogen) atoms. The molecule has 8 heteroatoms. The molecule has 4 saturated carbocycles. The molecule has 0 radical (unpaired) electrons. The summed E-state index contributed by atoms with van der Waals surface area (Å²) < 4.78 is 6.62. The number of nitrogens with one attached hydrogen (secondary N) is 1. The fourth-order valence-electron chi connectivity index (χ4n) is 14.7. The fourth-order valence-corrected chi connectivity index (χ4v) is 14.7. The summed E-state index contributed by atoms with van der Waals surface area (Å²) in [5, 5.41) is 13.0. The third-order valence-corrected chi connectivity index (χ3v) is 18.0. The number of Topliss-reactive ketones (excluding diaryl/α,β-unsaturated/α-hetero) is 2. The zero-order chi connectivity index (χ0) is 44.3. The van der Waals surface area contributed by atoms with E-state index in [-0.39, 0.29) is 52.3 Å². The van der Waals surface area contributed by atoms with Crippen LogP contribution in [0.5, 0.6) is 0 Å². The summed E-state index contributed by atoms with van der Waals surface area (Å²) in [5.41, 5.74) is 8.45. The molecule has 4 fully saturated rings. The molecular formula is C53H77N3O5. The van der Waals surface area contributed by atoms with Gasteiger partial charge in [0.1, 0.15) is 11.6 Å². The maximum absolute atomic E-state index is 14.7. The van der Waals surface area contributed by atoms with Crippen LogP contribution in [0.15, 0.2) is 52.2 Å². The molecule has 334 valence electrons. The van der Waals surface area contributed by atoms with Crippen LogP contribution in [0.1, 0.15) is 151 Å². The van der Waals surface area contributed by atoms with Gasteiger partial charge in [-0.3, -0.25) is 19.4 Å². The van der Waals surface area contributed by atoms with Crippen molar-refractivity contribution in [1.29, 1.82) is 0 Å². The van der Waals surface area contributed by atoms with E-state index >= 15 is 0 Å². The van der Waals surface area contributed by atoms with Crippen LogP contribution >= 0.6 is 0 Å². The van der Waals surface area contributed by atoms with Crippen LogP contribution in [-0.4, -0.2) is 72.8 Å². The average Bonchev–Trinajstić information content (AvgIpc) is 3.34. The van der Waals surface area contributed by atoms with Gasteiger partial charge in [-0.05, 0) is 147 Å². The Morgan fingerprint density at radius 2 is 1.70 bits per heavy atom. The van der Waals surface area contributed by atoms with E-state index in [1.54, 1.807) is 13.8 Å². The summed E-state index contributed by atoms with van der Waals surface area (Å²) in [4.78, 5) is 47.1. The molecule has 1 aliphatic heterocycles. The van der Waals surface area contributed by atoms with Gasteiger partial charge in [-0.2, -0.15) is 0 Å². The van der Waals surface area contributed by atoms with Gasteiger partial charge in [0, 0.05) is 37.9 Å². The van der Waals surface area contributed by atoms with Gasteiger partial charge < -0.3 is 20.1 Å². The lowest BCUT2D eigenvalue weighted by Gasteiger charge is -2.72. The first-order valence-corrected chi connectivity index (χ1v) is 23.9. The quantitative estimate of drug-likeness (QED) is 0.180. The lowest BCUT2D eigenvalue weighted by Crippen LogP contribution is -2.66. The fraction of sp³-hybridized carbons (Fsp3) is 0.717. The molecule has 5 aliphatic carbocycles. The number of hydrogen-bond acceptors (Lipinski definition) is 7. The molecule has 0 aromatic heterocycles. The molecule has 7 rings (SSSR count). The van der Waals surface area contributed by atoms with Crippen LogP contribution in [0.3, 0.4) is 0 Å². The summed E-state index contributed by atoms with van der Waals surface area (Å²) >= 11 is 0. The van der Waals surface area contributed by atoms with Crippen LogP contribution in [0, 0.1) is 56.2 Å². The van der Waals surface area contributed by atoms with Gasteiger partial charge in [-0.1, -0.05) is 85.4 Å². The molecule has 6 aliphatic rings. The second-order valence-corrected chi connectivity index (χ2v) is 22.3. The number of aryl methyl sites for hydroxylation is 1. The number of allylic oxidation sites excluding steroid dienone is 1. The minimum atomic E-state index is -1.07. The van der Waals surface area contributed by atoms with Crippen molar-refractivity contribution in [3.8, 4) is 0 Å². The van der Waals surface area contributed by atoms with Crippen LogP contribution in [-0.2, 0) is 25.5 Å².